The monoisotopic (exact) mass is 1000 g/mol. The molecular formula is C51H60N4O17. The highest BCUT2D eigenvalue weighted by atomic mass is 16.8. The maximum atomic E-state index is 13.6. The van der Waals surface area contributed by atoms with E-state index in [0.29, 0.717) is 12.0 Å². The van der Waals surface area contributed by atoms with Crippen LogP contribution in [0.5, 0.6) is 0 Å². The van der Waals surface area contributed by atoms with Crippen LogP contribution in [0, 0.1) is 11.8 Å². The fourth-order valence-corrected chi connectivity index (χ4v) is 10.3. The molecule has 3 N–H and O–H groups in total. The van der Waals surface area contributed by atoms with Gasteiger partial charge in [0.15, 0.2) is 25.0 Å². The van der Waals surface area contributed by atoms with E-state index in [1.54, 1.807) is 44.3 Å². The van der Waals surface area contributed by atoms with Gasteiger partial charge in [0.1, 0.15) is 55.8 Å². The molecule has 3 aromatic rings. The van der Waals surface area contributed by atoms with Crippen LogP contribution in [-0.2, 0) is 74.9 Å². The molecule has 5 heterocycles. The Morgan fingerprint density at radius 1 is 0.736 bits per heavy atom. The van der Waals surface area contributed by atoms with Crippen molar-refractivity contribution in [1.29, 1.82) is 0 Å². The van der Waals surface area contributed by atoms with Crippen molar-refractivity contribution in [3.05, 3.63) is 108 Å². The first-order valence-corrected chi connectivity index (χ1v) is 24.2. The number of likely N-dealkylation sites (N-methyl/N-ethyl adjacent to an activating group) is 1. The summed E-state index contributed by atoms with van der Waals surface area (Å²) in [6.45, 7) is 4.66. The summed E-state index contributed by atoms with van der Waals surface area (Å²) in [6.07, 6.45) is -10.5. The molecular weight excluding hydrogens is 941 g/mol. The number of ether oxygens (including phenoxy) is 11. The second-order valence-corrected chi connectivity index (χ2v) is 19.1. The lowest BCUT2D eigenvalue weighted by Crippen LogP contribution is -2.70. The Balaban J connectivity index is 0.914. The van der Waals surface area contributed by atoms with Crippen LogP contribution in [0.1, 0.15) is 61.5 Å². The number of nitrogens with zero attached hydrogens (tertiary/aromatic N) is 1. The van der Waals surface area contributed by atoms with E-state index in [-0.39, 0.29) is 45.9 Å². The van der Waals surface area contributed by atoms with Gasteiger partial charge in [0, 0.05) is 38.3 Å². The maximum Gasteiger partial charge on any atom is 0.410 e. The quantitative estimate of drug-likeness (QED) is 0.161. The van der Waals surface area contributed by atoms with Crippen LogP contribution in [0.3, 0.4) is 0 Å². The molecule has 0 radical (unpaired) electrons. The van der Waals surface area contributed by atoms with Gasteiger partial charge in [-0.15, -0.1) is 0 Å². The Kier molecular flexibility index (Phi) is 15.6. The number of rotatable bonds is 13. The third kappa shape index (κ3) is 11.5. The predicted molar refractivity (Wildman–Crippen MR) is 247 cm³/mol. The SMILES string of the molecule is CC(=O)O[C@@H]1C(C)[C@H](NC(=O)OCc2ccccc2)CC(NC(=O)OCc2ccccc2)[C@H]1O[C@H]1OC2C3OC(=O)N(C)C3C(O[C@@H]3C[C@@H](OC(=O)c4ccccc4)C4(COCC(=O)N4)CO3)O[C@H]2CC1C. The van der Waals surface area contributed by atoms with Crippen LogP contribution >= 0.6 is 0 Å². The first-order chi connectivity index (χ1) is 34.7. The van der Waals surface area contributed by atoms with Gasteiger partial charge in [-0.25, -0.2) is 19.2 Å². The summed E-state index contributed by atoms with van der Waals surface area (Å²) in [7, 11) is 1.55. The largest absolute Gasteiger partial charge is 0.459 e. The summed E-state index contributed by atoms with van der Waals surface area (Å²) in [4.78, 5) is 80.4. The minimum atomic E-state index is -1.20. The lowest BCUT2D eigenvalue weighted by molar-refractivity contribution is -0.362. The minimum absolute atomic E-state index is 0.0154. The van der Waals surface area contributed by atoms with Crippen molar-refractivity contribution in [2.75, 3.05) is 26.9 Å². The lowest BCUT2D eigenvalue weighted by Gasteiger charge is -2.51. The number of benzene rings is 3. The number of amides is 4. The summed E-state index contributed by atoms with van der Waals surface area (Å²) < 4.78 is 67.7. The summed E-state index contributed by atoms with van der Waals surface area (Å²) in [5.74, 6) is -2.61. The van der Waals surface area contributed by atoms with Crippen molar-refractivity contribution in [3.8, 4) is 0 Å². The van der Waals surface area contributed by atoms with E-state index in [1.165, 1.54) is 11.8 Å². The van der Waals surface area contributed by atoms with E-state index < -0.39 is 127 Å². The third-order valence-corrected chi connectivity index (χ3v) is 14.0. The zero-order valence-corrected chi connectivity index (χ0v) is 40.3. The topological polar surface area (TPSA) is 243 Å². The molecule has 9 rings (SSSR count). The summed E-state index contributed by atoms with van der Waals surface area (Å²) >= 11 is 0. The maximum absolute atomic E-state index is 13.6. The first kappa shape index (κ1) is 50.6. The van der Waals surface area contributed by atoms with Crippen LogP contribution in [0.25, 0.3) is 0 Å². The molecule has 6 aliphatic rings. The molecule has 8 unspecified atom stereocenters. The van der Waals surface area contributed by atoms with Gasteiger partial charge in [-0.1, -0.05) is 92.7 Å². The predicted octanol–water partition coefficient (Wildman–Crippen LogP) is 4.10. The molecule has 1 aliphatic carbocycles. The minimum Gasteiger partial charge on any atom is -0.459 e. The van der Waals surface area contributed by atoms with E-state index in [4.69, 9.17) is 52.1 Å². The molecule has 3 aromatic carbocycles. The molecule has 4 amide bonds. The van der Waals surface area contributed by atoms with E-state index in [0.717, 1.165) is 11.1 Å². The number of esters is 2. The fraction of sp³-hybridized carbons (Fsp3) is 0.529. The summed E-state index contributed by atoms with van der Waals surface area (Å²) in [5.41, 5.74) is 0.658. The Bertz CT molecular complexity index is 2400. The van der Waals surface area contributed by atoms with Crippen molar-refractivity contribution < 1.29 is 80.9 Å². The number of alkyl carbamates (subject to hydrolysis) is 2. The highest BCUT2D eigenvalue weighted by molar-refractivity contribution is 5.89. The van der Waals surface area contributed by atoms with Crippen molar-refractivity contribution >= 4 is 36.1 Å². The van der Waals surface area contributed by atoms with Crippen LogP contribution in [0.15, 0.2) is 91.0 Å². The van der Waals surface area contributed by atoms with Crippen LogP contribution in [0.2, 0.25) is 0 Å². The average molecular weight is 1000 g/mol. The van der Waals surface area contributed by atoms with Crippen molar-refractivity contribution in [3.63, 3.8) is 0 Å². The van der Waals surface area contributed by atoms with Crippen LogP contribution in [0.4, 0.5) is 14.4 Å². The van der Waals surface area contributed by atoms with Gasteiger partial charge in [0.05, 0.1) is 30.9 Å². The van der Waals surface area contributed by atoms with E-state index in [9.17, 15) is 28.8 Å². The first-order valence-electron chi connectivity index (χ1n) is 24.2. The van der Waals surface area contributed by atoms with Crippen molar-refractivity contribution in [1.82, 2.24) is 20.9 Å². The third-order valence-electron chi connectivity index (χ3n) is 14.0. The van der Waals surface area contributed by atoms with Gasteiger partial charge in [0.2, 0.25) is 5.91 Å². The number of hydrogen-bond donors (Lipinski definition) is 3. The molecule has 6 fully saturated rings. The zero-order valence-electron chi connectivity index (χ0n) is 40.3. The second kappa shape index (κ2) is 22.2. The van der Waals surface area contributed by atoms with Gasteiger partial charge in [-0.3, -0.25) is 14.5 Å². The van der Waals surface area contributed by atoms with Gasteiger partial charge in [-0.05, 0) is 36.1 Å². The molecule has 5 saturated heterocycles. The van der Waals surface area contributed by atoms with Gasteiger partial charge in [-0.2, -0.15) is 0 Å². The van der Waals surface area contributed by atoms with Gasteiger partial charge in [0.25, 0.3) is 0 Å². The molecule has 0 bridgehead atoms. The molecule has 5 aliphatic heterocycles. The lowest BCUT2D eigenvalue weighted by atomic mass is 9.78. The summed E-state index contributed by atoms with van der Waals surface area (Å²) in [6, 6.07) is 24.3. The summed E-state index contributed by atoms with van der Waals surface area (Å²) in [5, 5.41) is 8.74. The van der Waals surface area contributed by atoms with Gasteiger partial charge < -0.3 is 68.1 Å². The van der Waals surface area contributed by atoms with Crippen LogP contribution < -0.4 is 16.0 Å². The Hall–Kier alpha value is -6.36. The number of carbonyl (C=O) groups is 6. The van der Waals surface area contributed by atoms with E-state index in [1.807, 2.05) is 67.6 Å². The van der Waals surface area contributed by atoms with Crippen molar-refractivity contribution in [2.45, 2.75) is 132 Å². The number of fused-ring (bicyclic) bond motifs is 3. The number of hydrogen-bond acceptors (Lipinski definition) is 17. The number of morpholine rings is 1. The van der Waals surface area contributed by atoms with E-state index in [2.05, 4.69) is 16.0 Å². The molecule has 0 aromatic heterocycles. The molecule has 21 nitrogen and oxygen atoms in total. The smallest absolute Gasteiger partial charge is 0.410 e. The van der Waals surface area contributed by atoms with Crippen molar-refractivity contribution in [2.24, 2.45) is 11.8 Å². The molecule has 1 saturated carbocycles. The highest BCUT2D eigenvalue weighted by Crippen LogP contribution is 2.43. The Labute approximate surface area is 415 Å². The average Bonchev–Trinajstić information content (AvgIpc) is 3.67. The fourth-order valence-electron chi connectivity index (χ4n) is 10.3. The standard InChI is InChI=1S/C51H60N4O17/c1-28-20-36-43(44-40(55(4)50(61)72-44)47(67-36)69-39-22-37(68-45(58)33-18-12-7-13-19-33)51(27-65-39)26-62-25-38(57)54-51)71-46(28)70-42-35(53-49(60)64-24-32-16-10-6-11-17-32)21-34(29(2)41(42)66-30(3)56)52-48(59)63-23-31-14-8-5-9-15-31/h5-19,28-29,34-37,39-44,46-47H,20-27H2,1-4H3,(H,52,59)(H,53,60)(H,54,57)/t28?,29?,34-,35?,36+,37-,39-,40?,41-,42-,43?,44?,46+,47?,51?/m1/s1. The van der Waals surface area contributed by atoms with E-state index >= 15 is 0 Å². The normalized spacial score (nSPS) is 34.0. The molecule has 386 valence electrons. The molecule has 72 heavy (non-hydrogen) atoms. The molecule has 15 atom stereocenters. The number of nitrogens with one attached hydrogen (secondary N) is 3. The number of carbonyl (C=O) groups excluding carboxylic acids is 6. The molecule has 1 spiro atoms. The van der Waals surface area contributed by atoms with Gasteiger partial charge >= 0.3 is 30.2 Å². The Morgan fingerprint density at radius 2 is 1.38 bits per heavy atom. The van der Waals surface area contributed by atoms with Crippen LogP contribution in [-0.4, -0.2) is 147 Å². The second-order valence-electron chi connectivity index (χ2n) is 19.1. The molecule has 21 heteroatoms. The highest BCUT2D eigenvalue weighted by Gasteiger charge is 2.61. The Morgan fingerprint density at radius 3 is 2.01 bits per heavy atom. The zero-order chi connectivity index (χ0) is 50.5.